The Kier molecular flexibility index (Phi) is 7.83. The number of benzene rings is 3. The predicted molar refractivity (Wildman–Crippen MR) is 122 cm³/mol. The van der Waals surface area contributed by atoms with Crippen molar-refractivity contribution in [1.82, 2.24) is 0 Å². The third kappa shape index (κ3) is 5.86. The van der Waals surface area contributed by atoms with Gasteiger partial charge in [0, 0.05) is 22.9 Å². The first-order valence-corrected chi connectivity index (χ1v) is 10.2. The molecule has 2 atom stereocenters. The number of carboxylic acids is 1. The minimum Gasteiger partial charge on any atom is -0.491 e. The van der Waals surface area contributed by atoms with Crippen molar-refractivity contribution in [1.29, 1.82) is 0 Å². The van der Waals surface area contributed by atoms with Crippen LogP contribution in [0.5, 0.6) is 5.75 Å². The maximum Gasteiger partial charge on any atom is 0.412 e. The van der Waals surface area contributed by atoms with E-state index in [2.05, 4.69) is 5.32 Å². The van der Waals surface area contributed by atoms with E-state index in [1.54, 1.807) is 37.3 Å². The second-order valence-electron chi connectivity index (χ2n) is 7.14. The molecule has 0 heterocycles. The highest BCUT2D eigenvalue weighted by molar-refractivity contribution is 6.00. The van der Waals surface area contributed by atoms with E-state index >= 15 is 0 Å². The van der Waals surface area contributed by atoms with Gasteiger partial charge in [0.2, 0.25) is 0 Å². The lowest BCUT2D eigenvalue weighted by Crippen LogP contribution is -2.22. The fourth-order valence-electron chi connectivity index (χ4n) is 3.38. The SMILES string of the molecule is C[C@H](/C=C/C(=O)O)[C@@H](OC(=O)Nc1cccc2ccccc12)c1ccccc1OCCO. The molecular formula is C25H25NO6. The Bertz CT molecular complexity index is 1110. The molecule has 0 spiro atoms. The first kappa shape index (κ1) is 22.8. The summed E-state index contributed by atoms with van der Waals surface area (Å²) >= 11 is 0. The van der Waals surface area contributed by atoms with Gasteiger partial charge in [0.15, 0.2) is 0 Å². The van der Waals surface area contributed by atoms with E-state index in [1.165, 1.54) is 6.08 Å². The van der Waals surface area contributed by atoms with E-state index < -0.39 is 24.1 Å². The number of rotatable bonds is 9. The smallest absolute Gasteiger partial charge is 0.412 e. The summed E-state index contributed by atoms with van der Waals surface area (Å²) in [5.74, 6) is -1.12. The highest BCUT2D eigenvalue weighted by Gasteiger charge is 2.26. The van der Waals surface area contributed by atoms with E-state index in [9.17, 15) is 9.59 Å². The number of aliphatic hydroxyl groups is 1. The number of carboxylic acid groups (broad SMARTS) is 1. The van der Waals surface area contributed by atoms with Gasteiger partial charge in [-0.3, -0.25) is 5.32 Å². The third-order valence-corrected chi connectivity index (χ3v) is 4.85. The minimum atomic E-state index is -1.10. The average molecular weight is 435 g/mol. The van der Waals surface area contributed by atoms with E-state index in [1.807, 2.05) is 36.4 Å². The van der Waals surface area contributed by atoms with Crippen molar-refractivity contribution in [2.24, 2.45) is 5.92 Å². The number of ether oxygens (including phenoxy) is 2. The Hall–Kier alpha value is -3.84. The van der Waals surface area contributed by atoms with Gasteiger partial charge in [0.25, 0.3) is 0 Å². The standard InChI is InChI=1S/C25H25NO6/c1-17(13-14-23(28)29)24(20-10-4-5-12-22(20)31-16-15-27)32-25(30)26-21-11-6-8-18-7-2-3-9-19(18)21/h2-14,17,24,27H,15-16H2,1H3,(H,26,30)(H,28,29)/b14-13+/t17-,24-/m1/s1. The molecule has 0 saturated heterocycles. The Labute approximate surface area is 185 Å². The van der Waals surface area contributed by atoms with E-state index in [4.69, 9.17) is 19.7 Å². The summed E-state index contributed by atoms with van der Waals surface area (Å²) in [6, 6.07) is 20.2. The van der Waals surface area contributed by atoms with Crippen LogP contribution >= 0.6 is 0 Å². The van der Waals surface area contributed by atoms with Crippen LogP contribution in [-0.4, -0.2) is 35.5 Å². The molecule has 0 aliphatic heterocycles. The molecule has 0 aliphatic carbocycles. The van der Waals surface area contributed by atoms with Crippen LogP contribution in [0.4, 0.5) is 10.5 Å². The minimum absolute atomic E-state index is 0.0747. The van der Waals surface area contributed by atoms with Crippen molar-refractivity contribution in [2.75, 3.05) is 18.5 Å². The number of amides is 1. The number of aliphatic carboxylic acids is 1. The average Bonchev–Trinajstić information content (AvgIpc) is 2.80. The molecule has 3 rings (SSSR count). The molecule has 0 saturated carbocycles. The lowest BCUT2D eigenvalue weighted by molar-refractivity contribution is -0.131. The summed E-state index contributed by atoms with van der Waals surface area (Å²) in [5.41, 5.74) is 1.17. The monoisotopic (exact) mass is 435 g/mol. The zero-order valence-corrected chi connectivity index (χ0v) is 17.6. The first-order chi connectivity index (χ1) is 15.5. The summed E-state index contributed by atoms with van der Waals surface area (Å²) in [4.78, 5) is 23.9. The number of para-hydroxylation sites is 1. The van der Waals surface area contributed by atoms with Crippen molar-refractivity contribution < 1.29 is 29.3 Å². The number of aliphatic hydroxyl groups excluding tert-OH is 1. The lowest BCUT2D eigenvalue weighted by Gasteiger charge is -2.25. The molecule has 0 aromatic heterocycles. The molecule has 32 heavy (non-hydrogen) atoms. The maximum atomic E-state index is 12.9. The Morgan fingerprint density at radius 2 is 1.75 bits per heavy atom. The largest absolute Gasteiger partial charge is 0.491 e. The Morgan fingerprint density at radius 1 is 1.03 bits per heavy atom. The van der Waals surface area contributed by atoms with Gasteiger partial charge in [-0.05, 0) is 17.5 Å². The van der Waals surface area contributed by atoms with E-state index in [0.717, 1.165) is 16.8 Å². The van der Waals surface area contributed by atoms with Crippen LogP contribution in [-0.2, 0) is 9.53 Å². The molecule has 3 aromatic rings. The van der Waals surface area contributed by atoms with Crippen LogP contribution in [0.25, 0.3) is 10.8 Å². The zero-order valence-electron chi connectivity index (χ0n) is 17.6. The topological polar surface area (TPSA) is 105 Å². The second kappa shape index (κ2) is 11.0. The van der Waals surface area contributed by atoms with Crippen LogP contribution in [0.1, 0.15) is 18.6 Å². The summed E-state index contributed by atoms with van der Waals surface area (Å²) < 4.78 is 11.4. The second-order valence-corrected chi connectivity index (χ2v) is 7.14. The molecule has 0 fully saturated rings. The number of anilines is 1. The lowest BCUT2D eigenvalue weighted by atomic mass is 9.96. The van der Waals surface area contributed by atoms with Crippen LogP contribution in [0.15, 0.2) is 78.9 Å². The van der Waals surface area contributed by atoms with Crippen LogP contribution < -0.4 is 10.1 Å². The number of nitrogens with one attached hydrogen (secondary N) is 1. The van der Waals surface area contributed by atoms with Crippen molar-refractivity contribution in [2.45, 2.75) is 13.0 Å². The van der Waals surface area contributed by atoms with Gasteiger partial charge in [-0.25, -0.2) is 9.59 Å². The summed E-state index contributed by atoms with van der Waals surface area (Å²) in [6.45, 7) is 1.65. The number of carbonyl (C=O) groups excluding carboxylic acids is 1. The zero-order chi connectivity index (χ0) is 22.9. The molecule has 0 radical (unpaired) electrons. The van der Waals surface area contributed by atoms with Gasteiger partial charge >= 0.3 is 12.1 Å². The van der Waals surface area contributed by atoms with Crippen molar-refractivity contribution >= 4 is 28.5 Å². The highest BCUT2D eigenvalue weighted by Crippen LogP contribution is 2.34. The molecule has 3 aromatic carbocycles. The molecule has 0 bridgehead atoms. The van der Waals surface area contributed by atoms with Crippen LogP contribution in [0.2, 0.25) is 0 Å². The molecule has 166 valence electrons. The number of hydrogen-bond acceptors (Lipinski definition) is 5. The van der Waals surface area contributed by atoms with E-state index in [0.29, 0.717) is 17.0 Å². The fraction of sp³-hybridized carbons (Fsp3) is 0.200. The molecule has 0 unspecified atom stereocenters. The van der Waals surface area contributed by atoms with Gasteiger partial charge in [-0.2, -0.15) is 0 Å². The fourth-order valence-corrected chi connectivity index (χ4v) is 3.38. The highest BCUT2D eigenvalue weighted by atomic mass is 16.6. The summed E-state index contributed by atoms with van der Waals surface area (Å²) in [7, 11) is 0. The molecular weight excluding hydrogens is 410 g/mol. The van der Waals surface area contributed by atoms with Gasteiger partial charge in [0.1, 0.15) is 18.5 Å². The van der Waals surface area contributed by atoms with Gasteiger partial charge in [-0.15, -0.1) is 0 Å². The summed E-state index contributed by atoms with van der Waals surface area (Å²) in [6.07, 6.45) is 0.969. The quantitative estimate of drug-likeness (QED) is 0.418. The van der Waals surface area contributed by atoms with Crippen molar-refractivity contribution in [3.8, 4) is 5.75 Å². The summed E-state index contributed by atoms with van der Waals surface area (Å²) in [5, 5.41) is 22.7. The van der Waals surface area contributed by atoms with Crippen LogP contribution in [0, 0.1) is 5.92 Å². The molecule has 7 nitrogen and oxygen atoms in total. The maximum absolute atomic E-state index is 12.9. The molecule has 0 aliphatic rings. The first-order valence-electron chi connectivity index (χ1n) is 10.2. The third-order valence-electron chi connectivity index (χ3n) is 4.85. The van der Waals surface area contributed by atoms with Gasteiger partial charge in [0.05, 0.1) is 12.3 Å². The normalized spacial score (nSPS) is 12.9. The van der Waals surface area contributed by atoms with Gasteiger partial charge < -0.3 is 19.7 Å². The molecule has 1 amide bonds. The van der Waals surface area contributed by atoms with Gasteiger partial charge in [-0.1, -0.05) is 67.6 Å². The Balaban J connectivity index is 1.88. The Morgan fingerprint density at radius 3 is 2.53 bits per heavy atom. The van der Waals surface area contributed by atoms with E-state index in [-0.39, 0.29) is 13.2 Å². The van der Waals surface area contributed by atoms with Crippen molar-refractivity contribution in [3.63, 3.8) is 0 Å². The molecule has 3 N–H and O–H groups in total. The van der Waals surface area contributed by atoms with Crippen molar-refractivity contribution in [3.05, 3.63) is 84.4 Å². The molecule has 7 heteroatoms. The number of hydrogen-bond donors (Lipinski definition) is 3. The number of carbonyl (C=O) groups is 2. The number of fused-ring (bicyclic) bond motifs is 1. The van der Waals surface area contributed by atoms with Crippen LogP contribution in [0.3, 0.4) is 0 Å². The predicted octanol–water partition coefficient (Wildman–Crippen LogP) is 4.78.